The minimum atomic E-state index is -0.918. The van der Waals surface area contributed by atoms with Gasteiger partial charge in [0.2, 0.25) is 11.8 Å². The average Bonchev–Trinajstić information content (AvgIpc) is 3.40. The maximum Gasteiger partial charge on any atom is 0.242 e. The number of rotatable bonds is 4. The monoisotopic (exact) mass is 362 g/mol. The van der Waals surface area contributed by atoms with Crippen LogP contribution in [0.15, 0.2) is 42.5 Å². The first-order valence-electron chi connectivity index (χ1n) is 9.79. The molecule has 1 aliphatic heterocycles. The van der Waals surface area contributed by atoms with Gasteiger partial charge in [0.1, 0.15) is 5.41 Å². The van der Waals surface area contributed by atoms with Gasteiger partial charge in [0.25, 0.3) is 0 Å². The Morgan fingerprint density at radius 2 is 1.89 bits per heavy atom. The van der Waals surface area contributed by atoms with Crippen LogP contribution in [0.25, 0.3) is 0 Å². The van der Waals surface area contributed by atoms with Crippen LogP contribution < -0.4 is 10.2 Å². The summed E-state index contributed by atoms with van der Waals surface area (Å²) < 4.78 is 0. The Balaban J connectivity index is 1.61. The van der Waals surface area contributed by atoms with E-state index in [0.717, 1.165) is 35.3 Å². The predicted octanol–water partition coefficient (Wildman–Crippen LogP) is 4.25. The summed E-state index contributed by atoms with van der Waals surface area (Å²) >= 11 is 0. The highest BCUT2D eigenvalue weighted by Crippen LogP contribution is 2.50. The lowest BCUT2D eigenvalue weighted by Gasteiger charge is -2.27. The van der Waals surface area contributed by atoms with E-state index in [2.05, 4.69) is 25.2 Å². The van der Waals surface area contributed by atoms with Crippen LogP contribution in [-0.4, -0.2) is 17.9 Å². The van der Waals surface area contributed by atoms with Crippen LogP contribution >= 0.6 is 0 Å². The smallest absolute Gasteiger partial charge is 0.242 e. The summed E-state index contributed by atoms with van der Waals surface area (Å²) in [6.07, 6.45) is 2.93. The van der Waals surface area contributed by atoms with E-state index >= 15 is 0 Å². The molecule has 1 aliphatic carbocycles. The number of hydrogen-bond donors (Lipinski definition) is 1. The third-order valence-corrected chi connectivity index (χ3v) is 6.00. The zero-order valence-electron chi connectivity index (χ0n) is 16.2. The molecule has 1 N–H and O–H groups in total. The Kier molecular flexibility index (Phi) is 4.29. The number of carbonyl (C=O) groups is 2. The van der Waals surface area contributed by atoms with Gasteiger partial charge in [-0.2, -0.15) is 0 Å². The number of fused-ring (bicyclic) bond motifs is 1. The van der Waals surface area contributed by atoms with Gasteiger partial charge in [-0.15, -0.1) is 0 Å². The fraction of sp³-hybridized carbons (Fsp3) is 0.391. The lowest BCUT2D eigenvalue weighted by Crippen LogP contribution is -2.45. The summed E-state index contributed by atoms with van der Waals surface area (Å²) in [5.74, 6) is -0.211. The molecule has 1 unspecified atom stereocenters. The van der Waals surface area contributed by atoms with Crippen molar-refractivity contribution >= 4 is 23.2 Å². The van der Waals surface area contributed by atoms with Gasteiger partial charge in [0.15, 0.2) is 0 Å². The highest BCUT2D eigenvalue weighted by Gasteiger charge is 2.59. The number of anilines is 2. The minimum Gasteiger partial charge on any atom is -0.325 e. The Morgan fingerprint density at radius 1 is 1.15 bits per heavy atom. The van der Waals surface area contributed by atoms with Gasteiger partial charge < -0.3 is 10.2 Å². The summed E-state index contributed by atoms with van der Waals surface area (Å²) in [6.45, 7) is 6.13. The highest BCUT2D eigenvalue weighted by molar-refractivity contribution is 6.18. The molecule has 4 rings (SSSR count). The van der Waals surface area contributed by atoms with E-state index < -0.39 is 5.41 Å². The maximum absolute atomic E-state index is 13.4. The van der Waals surface area contributed by atoms with Crippen molar-refractivity contribution in [3.8, 4) is 0 Å². The van der Waals surface area contributed by atoms with E-state index in [0.29, 0.717) is 12.8 Å². The first kappa shape index (κ1) is 17.8. The van der Waals surface area contributed by atoms with Gasteiger partial charge in [-0.25, -0.2) is 0 Å². The topological polar surface area (TPSA) is 49.4 Å². The van der Waals surface area contributed by atoms with Gasteiger partial charge in [-0.1, -0.05) is 43.3 Å². The van der Waals surface area contributed by atoms with Gasteiger partial charge in [0.05, 0.1) is 0 Å². The second-order valence-electron chi connectivity index (χ2n) is 7.86. The van der Waals surface area contributed by atoms with Crippen LogP contribution in [0.1, 0.15) is 43.4 Å². The molecule has 1 atom stereocenters. The van der Waals surface area contributed by atoms with E-state index in [9.17, 15) is 9.59 Å². The number of amides is 2. The average molecular weight is 362 g/mol. The van der Waals surface area contributed by atoms with E-state index in [4.69, 9.17) is 0 Å². The second kappa shape index (κ2) is 6.52. The van der Waals surface area contributed by atoms with Crippen LogP contribution in [0.2, 0.25) is 0 Å². The standard InChI is InChI=1S/C23H26N2O2/c1-4-17-10-7-8-15(2)20(17)24-21(26)23(12-13-23)22(27)25-16(3)14-18-9-5-6-11-19(18)25/h5-11,16H,4,12-14H2,1-3H3,(H,24,26). The molecule has 2 aliphatic rings. The third kappa shape index (κ3) is 2.84. The molecule has 0 bridgehead atoms. The lowest BCUT2D eigenvalue weighted by molar-refractivity contribution is -0.132. The molecule has 1 fully saturated rings. The van der Waals surface area contributed by atoms with Gasteiger partial charge in [-0.3, -0.25) is 9.59 Å². The highest BCUT2D eigenvalue weighted by atomic mass is 16.2. The number of nitrogens with zero attached hydrogens (tertiary/aromatic N) is 1. The number of benzene rings is 2. The van der Waals surface area contributed by atoms with Crippen molar-refractivity contribution in [3.05, 3.63) is 59.2 Å². The number of nitrogens with one attached hydrogen (secondary N) is 1. The normalized spacial score (nSPS) is 19.5. The fourth-order valence-corrected chi connectivity index (χ4v) is 4.20. The molecular formula is C23H26N2O2. The van der Waals surface area contributed by atoms with Gasteiger partial charge in [-0.05, 0) is 62.3 Å². The summed E-state index contributed by atoms with van der Waals surface area (Å²) in [6, 6.07) is 14.1. The minimum absolute atomic E-state index is 0.0518. The zero-order chi connectivity index (χ0) is 19.2. The maximum atomic E-state index is 13.4. The Labute approximate surface area is 160 Å². The molecular weight excluding hydrogens is 336 g/mol. The molecule has 1 heterocycles. The van der Waals surface area contributed by atoms with Crippen LogP contribution in [0.5, 0.6) is 0 Å². The molecule has 27 heavy (non-hydrogen) atoms. The number of carbonyl (C=O) groups excluding carboxylic acids is 2. The number of para-hydroxylation sites is 2. The molecule has 140 valence electrons. The largest absolute Gasteiger partial charge is 0.325 e. The fourth-order valence-electron chi connectivity index (χ4n) is 4.20. The van der Waals surface area contributed by atoms with Crippen LogP contribution in [0.4, 0.5) is 11.4 Å². The SMILES string of the molecule is CCc1cccc(C)c1NC(=O)C1(C(=O)N2c3ccccc3CC2C)CC1. The molecule has 2 amide bonds. The van der Waals surface area contributed by atoms with Crippen molar-refractivity contribution in [2.45, 2.75) is 52.5 Å². The lowest BCUT2D eigenvalue weighted by atomic mass is 10.0. The molecule has 4 heteroatoms. The molecule has 0 saturated heterocycles. The first-order chi connectivity index (χ1) is 13.0. The van der Waals surface area contributed by atoms with Crippen molar-refractivity contribution in [1.82, 2.24) is 0 Å². The summed E-state index contributed by atoms with van der Waals surface area (Å²) in [4.78, 5) is 28.5. The quantitative estimate of drug-likeness (QED) is 0.827. The van der Waals surface area contributed by atoms with Crippen molar-refractivity contribution in [3.63, 3.8) is 0 Å². The first-order valence-corrected chi connectivity index (χ1v) is 9.79. The van der Waals surface area contributed by atoms with E-state index in [-0.39, 0.29) is 17.9 Å². The zero-order valence-corrected chi connectivity index (χ0v) is 16.2. The van der Waals surface area contributed by atoms with Gasteiger partial charge >= 0.3 is 0 Å². The third-order valence-electron chi connectivity index (χ3n) is 6.00. The summed E-state index contributed by atoms with van der Waals surface area (Å²) in [5, 5.41) is 3.09. The van der Waals surface area contributed by atoms with Crippen molar-refractivity contribution in [1.29, 1.82) is 0 Å². The molecule has 2 aromatic carbocycles. The predicted molar refractivity (Wildman–Crippen MR) is 108 cm³/mol. The van der Waals surface area contributed by atoms with E-state index in [1.54, 1.807) is 0 Å². The van der Waals surface area contributed by atoms with Gasteiger partial charge in [0, 0.05) is 17.4 Å². The Morgan fingerprint density at radius 3 is 2.59 bits per heavy atom. The van der Waals surface area contributed by atoms with Crippen LogP contribution in [0, 0.1) is 12.3 Å². The molecule has 0 aromatic heterocycles. The molecule has 2 aromatic rings. The summed E-state index contributed by atoms with van der Waals surface area (Å²) in [7, 11) is 0. The molecule has 4 nitrogen and oxygen atoms in total. The van der Waals surface area contributed by atoms with Crippen molar-refractivity contribution < 1.29 is 9.59 Å². The second-order valence-corrected chi connectivity index (χ2v) is 7.86. The summed E-state index contributed by atoms with van der Waals surface area (Å²) in [5.41, 5.74) is 4.22. The van der Waals surface area contributed by atoms with Crippen LogP contribution in [-0.2, 0) is 22.4 Å². The van der Waals surface area contributed by atoms with E-state index in [1.807, 2.05) is 48.2 Å². The molecule has 0 spiro atoms. The Bertz CT molecular complexity index is 914. The number of hydrogen-bond acceptors (Lipinski definition) is 2. The van der Waals surface area contributed by atoms with E-state index in [1.165, 1.54) is 5.56 Å². The Hall–Kier alpha value is -2.62. The molecule has 1 saturated carbocycles. The molecule has 0 radical (unpaired) electrons. The van der Waals surface area contributed by atoms with Crippen molar-refractivity contribution in [2.24, 2.45) is 5.41 Å². The van der Waals surface area contributed by atoms with Crippen molar-refractivity contribution in [2.75, 3.05) is 10.2 Å². The number of aryl methyl sites for hydroxylation is 2. The van der Waals surface area contributed by atoms with Crippen LogP contribution in [0.3, 0.4) is 0 Å².